The van der Waals surface area contributed by atoms with Crippen LogP contribution in [0.4, 0.5) is 0 Å². The van der Waals surface area contributed by atoms with Crippen LogP contribution >= 0.6 is 0 Å². The lowest BCUT2D eigenvalue weighted by Gasteiger charge is -2.26. The van der Waals surface area contributed by atoms with Gasteiger partial charge in [-0.15, -0.1) is 0 Å². The van der Waals surface area contributed by atoms with Crippen molar-refractivity contribution in [1.82, 2.24) is 0 Å². The van der Waals surface area contributed by atoms with Gasteiger partial charge in [0.1, 0.15) is 11.5 Å². The van der Waals surface area contributed by atoms with Crippen LogP contribution in [0.5, 0.6) is 0 Å². The summed E-state index contributed by atoms with van der Waals surface area (Å²) in [6.07, 6.45) is 3.80. The maximum absolute atomic E-state index is 10.1. The van der Waals surface area contributed by atoms with Gasteiger partial charge in [0.15, 0.2) is 0 Å². The Labute approximate surface area is 111 Å². The molecular formula is C15H28O3. The van der Waals surface area contributed by atoms with Gasteiger partial charge < -0.3 is 14.9 Å². The highest BCUT2D eigenvalue weighted by Crippen LogP contribution is 2.31. The highest BCUT2D eigenvalue weighted by Gasteiger charge is 2.25. The zero-order valence-electron chi connectivity index (χ0n) is 12.4. The summed E-state index contributed by atoms with van der Waals surface area (Å²) in [4.78, 5) is 0. The molecule has 0 aliphatic carbocycles. The number of aliphatic hydroxyl groups excluding tert-OH is 2. The molecule has 0 radical (unpaired) electrons. The Bertz CT molecular complexity index is 303. The maximum Gasteiger partial charge on any atom is 0.223 e. The van der Waals surface area contributed by atoms with Crippen molar-refractivity contribution >= 4 is 0 Å². The van der Waals surface area contributed by atoms with Crippen LogP contribution < -0.4 is 0 Å². The normalized spacial score (nSPS) is 19.3. The van der Waals surface area contributed by atoms with Crippen molar-refractivity contribution in [2.45, 2.75) is 73.0 Å². The summed E-state index contributed by atoms with van der Waals surface area (Å²) >= 11 is 0. The van der Waals surface area contributed by atoms with Crippen molar-refractivity contribution < 1.29 is 14.9 Å². The Hall–Kier alpha value is -0.960. The van der Waals surface area contributed by atoms with Gasteiger partial charge in [0.05, 0.1) is 0 Å². The lowest BCUT2D eigenvalue weighted by molar-refractivity contribution is -0.0457. The van der Waals surface area contributed by atoms with E-state index in [0.29, 0.717) is 17.8 Å². The molecule has 3 nitrogen and oxygen atoms in total. The Kier molecular flexibility index (Phi) is 8.55. The highest BCUT2D eigenvalue weighted by atomic mass is 16.6. The van der Waals surface area contributed by atoms with Gasteiger partial charge in [0, 0.05) is 11.1 Å². The van der Waals surface area contributed by atoms with Crippen LogP contribution in [-0.4, -0.2) is 16.5 Å². The van der Waals surface area contributed by atoms with Crippen LogP contribution in [0.3, 0.4) is 0 Å². The molecule has 1 atom stereocenters. The predicted molar refractivity (Wildman–Crippen MR) is 75.2 cm³/mol. The van der Waals surface area contributed by atoms with Gasteiger partial charge in [-0.1, -0.05) is 40.5 Å². The molecule has 0 fully saturated rings. The highest BCUT2D eigenvalue weighted by molar-refractivity contribution is 5.35. The molecular weight excluding hydrogens is 228 g/mol. The van der Waals surface area contributed by atoms with Gasteiger partial charge in [-0.25, -0.2) is 0 Å². The Morgan fingerprint density at radius 1 is 1.17 bits per heavy atom. The largest absolute Gasteiger partial charge is 0.507 e. The molecule has 0 amide bonds. The summed E-state index contributed by atoms with van der Waals surface area (Å²) in [5, 5.41) is 19.7. The molecule has 0 saturated heterocycles. The third kappa shape index (κ3) is 4.37. The molecule has 0 aromatic carbocycles. The van der Waals surface area contributed by atoms with E-state index in [1.54, 1.807) is 6.92 Å². The fourth-order valence-corrected chi connectivity index (χ4v) is 1.98. The molecule has 1 aliphatic rings. The third-order valence-corrected chi connectivity index (χ3v) is 3.01. The van der Waals surface area contributed by atoms with E-state index in [9.17, 15) is 10.2 Å². The van der Waals surface area contributed by atoms with Gasteiger partial charge >= 0.3 is 0 Å². The van der Waals surface area contributed by atoms with Crippen LogP contribution in [-0.2, 0) is 4.74 Å². The minimum absolute atomic E-state index is 0.245. The Morgan fingerprint density at radius 2 is 1.78 bits per heavy atom. The Balaban J connectivity index is 0.00000137. The molecule has 2 N–H and O–H groups in total. The summed E-state index contributed by atoms with van der Waals surface area (Å²) in [6, 6.07) is 0. The van der Waals surface area contributed by atoms with E-state index in [1.807, 2.05) is 20.8 Å². The standard InChI is InChI=1S/C13H22O3.C2H6/c1-4-6-7-8-11-9(3)16-13(15)10(5-2)12(11)14;1-2/h13-15H,4-8H2,1-3H3;1-2H3. The van der Waals surface area contributed by atoms with E-state index in [4.69, 9.17) is 4.74 Å². The van der Waals surface area contributed by atoms with Gasteiger partial charge in [0.25, 0.3) is 0 Å². The first-order chi connectivity index (χ1) is 8.61. The number of rotatable bonds is 5. The van der Waals surface area contributed by atoms with E-state index in [0.717, 1.165) is 31.3 Å². The molecule has 1 rings (SSSR count). The second-order valence-electron chi connectivity index (χ2n) is 4.19. The number of ether oxygens (including phenoxy) is 1. The lowest BCUT2D eigenvalue weighted by atomic mass is 9.98. The van der Waals surface area contributed by atoms with E-state index >= 15 is 0 Å². The topological polar surface area (TPSA) is 49.7 Å². The predicted octanol–water partition coefficient (Wildman–Crippen LogP) is 4.44. The van der Waals surface area contributed by atoms with Crippen molar-refractivity contribution in [1.29, 1.82) is 0 Å². The fraction of sp³-hybridized carbons (Fsp3) is 0.733. The van der Waals surface area contributed by atoms with Crippen molar-refractivity contribution in [2.75, 3.05) is 0 Å². The molecule has 0 aromatic rings. The van der Waals surface area contributed by atoms with Crippen molar-refractivity contribution in [3.8, 4) is 0 Å². The van der Waals surface area contributed by atoms with E-state index in [1.165, 1.54) is 0 Å². The number of hydrogen-bond donors (Lipinski definition) is 2. The first kappa shape index (κ1) is 17.0. The van der Waals surface area contributed by atoms with Crippen LogP contribution in [0.15, 0.2) is 22.7 Å². The smallest absolute Gasteiger partial charge is 0.223 e. The molecule has 18 heavy (non-hydrogen) atoms. The lowest BCUT2D eigenvalue weighted by Crippen LogP contribution is -2.22. The number of allylic oxidation sites excluding steroid dienone is 2. The van der Waals surface area contributed by atoms with Crippen LogP contribution in [0, 0.1) is 0 Å². The second kappa shape index (κ2) is 9.03. The zero-order valence-corrected chi connectivity index (χ0v) is 12.4. The van der Waals surface area contributed by atoms with E-state index in [-0.39, 0.29) is 5.76 Å². The first-order valence-electron chi connectivity index (χ1n) is 7.08. The van der Waals surface area contributed by atoms with Crippen LogP contribution in [0.25, 0.3) is 0 Å². The number of unbranched alkanes of at least 4 members (excludes halogenated alkanes) is 2. The van der Waals surface area contributed by atoms with Crippen molar-refractivity contribution in [3.63, 3.8) is 0 Å². The van der Waals surface area contributed by atoms with Gasteiger partial charge in [-0.05, 0) is 26.2 Å². The SMILES string of the molecule is CC.CCCCCC1=C(C)OC(O)C(CC)=C1O. The summed E-state index contributed by atoms with van der Waals surface area (Å²) in [6.45, 7) is 9.85. The molecule has 1 aliphatic heterocycles. The fourth-order valence-electron chi connectivity index (χ4n) is 1.98. The monoisotopic (exact) mass is 256 g/mol. The van der Waals surface area contributed by atoms with Crippen LogP contribution in [0.2, 0.25) is 0 Å². The minimum Gasteiger partial charge on any atom is -0.507 e. The molecule has 3 heteroatoms. The summed E-state index contributed by atoms with van der Waals surface area (Å²) in [5.74, 6) is 0.896. The molecule has 1 heterocycles. The maximum atomic E-state index is 10.1. The number of aliphatic hydroxyl groups is 2. The summed E-state index contributed by atoms with van der Waals surface area (Å²) in [7, 11) is 0. The average Bonchev–Trinajstić information content (AvgIpc) is 2.36. The summed E-state index contributed by atoms with van der Waals surface area (Å²) < 4.78 is 5.32. The first-order valence-corrected chi connectivity index (χ1v) is 7.08. The van der Waals surface area contributed by atoms with Crippen molar-refractivity contribution in [3.05, 3.63) is 22.7 Å². The quantitative estimate of drug-likeness (QED) is 0.715. The Morgan fingerprint density at radius 3 is 2.28 bits per heavy atom. The number of hydrogen-bond acceptors (Lipinski definition) is 3. The molecule has 0 bridgehead atoms. The van der Waals surface area contributed by atoms with E-state index < -0.39 is 6.29 Å². The molecule has 106 valence electrons. The molecule has 0 spiro atoms. The average molecular weight is 256 g/mol. The zero-order chi connectivity index (χ0) is 14.1. The molecule has 1 unspecified atom stereocenters. The molecule has 0 aromatic heterocycles. The van der Waals surface area contributed by atoms with Crippen molar-refractivity contribution in [2.24, 2.45) is 0 Å². The minimum atomic E-state index is -0.972. The summed E-state index contributed by atoms with van der Waals surface area (Å²) in [5.41, 5.74) is 1.45. The van der Waals surface area contributed by atoms with Gasteiger partial charge in [-0.2, -0.15) is 0 Å². The van der Waals surface area contributed by atoms with Gasteiger partial charge in [-0.3, -0.25) is 0 Å². The molecule has 0 saturated carbocycles. The van der Waals surface area contributed by atoms with E-state index in [2.05, 4.69) is 6.92 Å². The van der Waals surface area contributed by atoms with Gasteiger partial charge in [0.2, 0.25) is 6.29 Å². The van der Waals surface area contributed by atoms with Crippen LogP contribution in [0.1, 0.15) is 66.7 Å². The second-order valence-corrected chi connectivity index (χ2v) is 4.19. The third-order valence-electron chi connectivity index (χ3n) is 3.01.